The number of hydrogen-bond acceptors (Lipinski definition) is 6. The van der Waals surface area contributed by atoms with Gasteiger partial charge in [0.25, 0.3) is 0 Å². The highest BCUT2D eigenvalue weighted by molar-refractivity contribution is 7.16. The van der Waals surface area contributed by atoms with E-state index in [1.165, 1.54) is 22.5 Å². The molecule has 10 nitrogen and oxygen atoms in total. The summed E-state index contributed by atoms with van der Waals surface area (Å²) in [4.78, 5) is 53.9. The van der Waals surface area contributed by atoms with Crippen LogP contribution >= 0.6 is 11.3 Å². The van der Waals surface area contributed by atoms with Gasteiger partial charge in [-0.3, -0.25) is 14.6 Å². The van der Waals surface area contributed by atoms with E-state index < -0.39 is 5.76 Å². The van der Waals surface area contributed by atoms with Crippen LogP contribution in [0.1, 0.15) is 65.0 Å². The van der Waals surface area contributed by atoms with Crippen molar-refractivity contribution in [3.05, 3.63) is 131 Å². The fraction of sp³-hybridized carbons (Fsp3) is 0.263. The molecule has 0 aliphatic carbocycles. The number of carbonyl (C=O) groups is 1. The van der Waals surface area contributed by atoms with Crippen LogP contribution in [0, 0.1) is 27.7 Å². The molecule has 3 aromatic heterocycles. The Morgan fingerprint density at radius 1 is 0.571 bits per heavy atom. The lowest BCUT2D eigenvalue weighted by Crippen LogP contribution is -2.03. The van der Waals surface area contributed by atoms with Crippen molar-refractivity contribution < 1.29 is 9.21 Å². The fourth-order valence-electron chi connectivity index (χ4n) is 4.61. The number of rotatable bonds is 0. The first-order valence-corrected chi connectivity index (χ1v) is 14.6. The number of aromatic nitrogens is 4. The lowest BCUT2D eigenvalue weighted by atomic mass is 10.1. The van der Waals surface area contributed by atoms with Crippen LogP contribution in [0.25, 0.3) is 32.3 Å². The molecule has 49 heavy (non-hydrogen) atoms. The summed E-state index contributed by atoms with van der Waals surface area (Å²) < 4.78 is 5.87. The van der Waals surface area contributed by atoms with Gasteiger partial charge < -0.3 is 24.7 Å². The summed E-state index contributed by atoms with van der Waals surface area (Å²) in [6, 6.07) is 23.3. The van der Waals surface area contributed by atoms with E-state index in [0.717, 1.165) is 49.1 Å². The molecular weight excluding hydrogens is 639 g/mol. The zero-order valence-corrected chi connectivity index (χ0v) is 25.4. The summed E-state index contributed by atoms with van der Waals surface area (Å²) in [5.74, 6) is -0.295. The van der Waals surface area contributed by atoms with Crippen LogP contribution in [0.3, 0.4) is 0 Å². The molecule has 1 aliphatic rings. The molecule has 0 saturated heterocycles. The van der Waals surface area contributed by atoms with Gasteiger partial charge in [-0.05, 0) is 92.4 Å². The SMILES string of the molecule is C.C.C.C.C.Cc1ccc2[nH]c(=O)[nH]c2c1.Cc1ccc2[nH]c(=O)oc2c1.Cc1ccc2[nH]c(=O)sc2c1.Cc1ccc2c(c1)CC(=O)N2. The highest BCUT2D eigenvalue weighted by Crippen LogP contribution is 2.23. The lowest BCUT2D eigenvalue weighted by molar-refractivity contribution is -0.115. The van der Waals surface area contributed by atoms with Gasteiger partial charge in [0.15, 0.2) is 5.58 Å². The predicted octanol–water partition coefficient (Wildman–Crippen LogP) is 9.16. The number of anilines is 1. The molecular formula is C38H51N5O5S. The van der Waals surface area contributed by atoms with Crippen molar-refractivity contribution in [2.45, 2.75) is 71.2 Å². The second-order valence-electron chi connectivity index (χ2n) is 10.5. The standard InChI is InChI=1S/C9H9NO.C8H8N2O.C8H7NO2.C8H7NOS.5CH4/c1-6-2-3-8-7(4-6)5-9(11)10-8;1-5-2-3-6-7(4-5)10-8(11)9-6;2*1-5-2-3-6-7(4-5)11-8(10)9-6;;;;;/h2-4H,5H2,1H3,(H,10,11);2-4H,1H3,(H2,9,10,11);2*2-4H,1H3,(H,9,10);5*1H4. The molecule has 0 unspecified atom stereocenters. The van der Waals surface area contributed by atoms with Crippen LogP contribution in [0.4, 0.5) is 5.69 Å². The summed E-state index contributed by atoms with van der Waals surface area (Å²) in [6.07, 6.45) is 0.539. The van der Waals surface area contributed by atoms with Gasteiger partial charge in [0.05, 0.1) is 33.2 Å². The molecule has 1 amide bonds. The predicted molar refractivity (Wildman–Crippen MR) is 210 cm³/mol. The maximum Gasteiger partial charge on any atom is 0.417 e. The fourth-order valence-corrected chi connectivity index (χ4v) is 5.44. The van der Waals surface area contributed by atoms with Gasteiger partial charge in [-0.1, -0.05) is 84.4 Å². The maximum absolute atomic E-state index is 10.9. The highest BCUT2D eigenvalue weighted by Gasteiger charge is 2.16. The van der Waals surface area contributed by atoms with Crippen LogP contribution in [0.15, 0.2) is 91.6 Å². The van der Waals surface area contributed by atoms with E-state index in [1.807, 2.05) is 100 Å². The lowest BCUT2D eigenvalue weighted by Gasteiger charge is -1.97. The van der Waals surface area contributed by atoms with Gasteiger partial charge in [0.1, 0.15) is 0 Å². The second-order valence-corrected chi connectivity index (χ2v) is 11.6. The quantitative estimate of drug-likeness (QED) is 0.107. The van der Waals surface area contributed by atoms with Crippen LogP contribution in [0.2, 0.25) is 0 Å². The number of benzene rings is 4. The second kappa shape index (κ2) is 18.8. The average Bonchev–Trinajstić information content (AvgIpc) is 3.71. The van der Waals surface area contributed by atoms with Gasteiger partial charge in [-0.2, -0.15) is 0 Å². The maximum atomic E-state index is 10.9. The number of thiazole rings is 1. The van der Waals surface area contributed by atoms with Crippen molar-refractivity contribution in [1.29, 1.82) is 0 Å². The van der Waals surface area contributed by atoms with Gasteiger partial charge in [-0.15, -0.1) is 0 Å². The summed E-state index contributed by atoms with van der Waals surface area (Å²) >= 11 is 1.26. The third-order valence-corrected chi connectivity index (χ3v) is 7.56. The molecule has 0 radical (unpaired) electrons. The van der Waals surface area contributed by atoms with Crippen molar-refractivity contribution in [2.24, 2.45) is 0 Å². The first-order chi connectivity index (χ1) is 21.0. The summed E-state index contributed by atoms with van der Waals surface area (Å²) in [5.41, 5.74) is 10.6. The Hall–Kier alpha value is -5.42. The third kappa shape index (κ3) is 11.4. The van der Waals surface area contributed by atoms with E-state index in [4.69, 9.17) is 4.42 Å². The number of nitrogens with one attached hydrogen (secondary N) is 5. The van der Waals surface area contributed by atoms with Crippen molar-refractivity contribution in [1.82, 2.24) is 19.9 Å². The molecule has 4 aromatic carbocycles. The van der Waals surface area contributed by atoms with Gasteiger partial charge in [0, 0.05) is 5.69 Å². The van der Waals surface area contributed by atoms with Crippen LogP contribution in [0.5, 0.6) is 0 Å². The molecule has 264 valence electrons. The van der Waals surface area contributed by atoms with Crippen molar-refractivity contribution in [2.75, 3.05) is 5.32 Å². The smallest absolute Gasteiger partial charge is 0.408 e. The molecule has 0 bridgehead atoms. The molecule has 0 spiro atoms. The van der Waals surface area contributed by atoms with E-state index in [1.54, 1.807) is 0 Å². The van der Waals surface area contributed by atoms with Crippen molar-refractivity contribution >= 4 is 55.3 Å². The van der Waals surface area contributed by atoms with E-state index >= 15 is 0 Å². The zero-order valence-electron chi connectivity index (χ0n) is 24.6. The number of H-pyrrole nitrogens is 4. The molecule has 8 rings (SSSR count). The Morgan fingerprint density at radius 2 is 1.12 bits per heavy atom. The first-order valence-electron chi connectivity index (χ1n) is 13.8. The zero-order chi connectivity index (χ0) is 31.4. The normalized spacial score (nSPS) is 10.4. The number of aromatic amines is 4. The minimum atomic E-state index is -0.398. The van der Waals surface area contributed by atoms with Gasteiger partial charge in [-0.25, -0.2) is 9.59 Å². The Bertz CT molecular complexity index is 2080. The molecule has 5 N–H and O–H groups in total. The van der Waals surface area contributed by atoms with Gasteiger partial charge >= 0.3 is 16.3 Å². The molecule has 7 aromatic rings. The number of amides is 1. The monoisotopic (exact) mass is 689 g/mol. The van der Waals surface area contributed by atoms with E-state index in [0.29, 0.717) is 12.0 Å². The minimum Gasteiger partial charge on any atom is -0.408 e. The Labute approximate surface area is 291 Å². The van der Waals surface area contributed by atoms with E-state index in [9.17, 15) is 19.2 Å². The number of aryl methyl sites for hydroxylation is 4. The summed E-state index contributed by atoms with van der Waals surface area (Å²) in [7, 11) is 0. The topological polar surface area (TPSA) is 157 Å². The molecule has 0 saturated carbocycles. The molecule has 11 heteroatoms. The third-order valence-electron chi connectivity index (χ3n) is 6.71. The van der Waals surface area contributed by atoms with Crippen molar-refractivity contribution in [3.8, 4) is 0 Å². The Morgan fingerprint density at radius 3 is 1.82 bits per heavy atom. The number of fused-ring (bicyclic) bond motifs is 4. The minimum absolute atomic E-state index is 0. The Balaban J connectivity index is 0.000000606. The molecule has 0 fully saturated rings. The molecule has 4 heterocycles. The Kier molecular flexibility index (Phi) is 16.7. The van der Waals surface area contributed by atoms with Gasteiger partial charge in [0.2, 0.25) is 5.91 Å². The number of carbonyl (C=O) groups excluding carboxylic acids is 1. The van der Waals surface area contributed by atoms with Crippen molar-refractivity contribution in [3.63, 3.8) is 0 Å². The van der Waals surface area contributed by atoms with E-state index in [2.05, 4.69) is 25.3 Å². The molecule has 1 aliphatic heterocycles. The van der Waals surface area contributed by atoms with Crippen LogP contribution in [-0.4, -0.2) is 25.8 Å². The number of oxazole rings is 1. The summed E-state index contributed by atoms with van der Waals surface area (Å²) in [5, 5.41) is 2.79. The number of imidazole rings is 1. The molecule has 0 atom stereocenters. The number of hydrogen-bond donors (Lipinski definition) is 5. The van der Waals surface area contributed by atoms with E-state index in [-0.39, 0.29) is 53.6 Å². The summed E-state index contributed by atoms with van der Waals surface area (Å²) in [6.45, 7) is 7.99. The largest absolute Gasteiger partial charge is 0.417 e. The van der Waals surface area contributed by atoms with Crippen LogP contribution < -0.4 is 21.6 Å². The average molecular weight is 690 g/mol. The highest BCUT2D eigenvalue weighted by atomic mass is 32.1. The van der Waals surface area contributed by atoms with Crippen LogP contribution in [-0.2, 0) is 11.2 Å². The first kappa shape index (κ1) is 43.6.